The molecule has 0 saturated heterocycles. The Kier molecular flexibility index (Phi) is 4.91. The van der Waals surface area contributed by atoms with E-state index in [1.54, 1.807) is 0 Å². The van der Waals surface area contributed by atoms with E-state index in [1.165, 1.54) is 36.8 Å². The molecule has 1 saturated carbocycles. The minimum absolute atomic E-state index is 0.121. The fraction of sp³-hybridized carbons (Fsp3) is 0.611. The summed E-state index contributed by atoms with van der Waals surface area (Å²) in [6.07, 6.45) is 8.08. The van der Waals surface area contributed by atoms with Gasteiger partial charge in [0.15, 0.2) is 0 Å². The number of hydrogen-bond acceptors (Lipinski definition) is 2. The lowest BCUT2D eigenvalue weighted by atomic mass is 9.99. The van der Waals surface area contributed by atoms with Crippen LogP contribution in [0.5, 0.6) is 0 Å². The van der Waals surface area contributed by atoms with Crippen LogP contribution in [0.2, 0.25) is 0 Å². The number of ether oxygens (including phenoxy) is 1. The van der Waals surface area contributed by atoms with Crippen molar-refractivity contribution < 1.29 is 9.53 Å². The van der Waals surface area contributed by atoms with Gasteiger partial charge >= 0.3 is 0 Å². The summed E-state index contributed by atoms with van der Waals surface area (Å²) in [6, 6.07) is 8.40. The van der Waals surface area contributed by atoms with E-state index >= 15 is 0 Å². The Hall–Kier alpha value is -1.35. The zero-order chi connectivity index (χ0) is 14.5. The molecule has 2 aliphatic rings. The van der Waals surface area contributed by atoms with Crippen molar-refractivity contribution >= 4 is 5.91 Å². The number of benzene rings is 1. The van der Waals surface area contributed by atoms with Gasteiger partial charge in [-0.25, -0.2) is 0 Å². The van der Waals surface area contributed by atoms with Crippen LogP contribution in [0.1, 0.15) is 49.7 Å². The SMILES string of the molecule is O=C(CCC1CCCC1)NCC1Cc2ccccc2CO1. The molecule has 1 aromatic rings. The number of amides is 1. The molecule has 1 heterocycles. The van der Waals surface area contributed by atoms with Gasteiger partial charge in [-0.3, -0.25) is 4.79 Å². The second kappa shape index (κ2) is 7.08. The first-order valence-corrected chi connectivity index (χ1v) is 8.26. The summed E-state index contributed by atoms with van der Waals surface area (Å²) in [4.78, 5) is 11.9. The molecule has 1 unspecified atom stereocenters. The fourth-order valence-corrected chi connectivity index (χ4v) is 3.49. The molecular weight excluding hydrogens is 262 g/mol. The molecule has 0 spiro atoms. The Bertz CT molecular complexity index is 480. The number of nitrogens with one attached hydrogen (secondary N) is 1. The first-order chi connectivity index (χ1) is 10.3. The molecule has 1 N–H and O–H groups in total. The molecule has 1 fully saturated rings. The lowest BCUT2D eigenvalue weighted by molar-refractivity contribution is -0.122. The van der Waals surface area contributed by atoms with E-state index in [2.05, 4.69) is 23.5 Å². The van der Waals surface area contributed by atoms with E-state index in [9.17, 15) is 4.79 Å². The Balaban J connectivity index is 1.38. The zero-order valence-corrected chi connectivity index (χ0v) is 12.6. The molecule has 0 aromatic heterocycles. The quantitative estimate of drug-likeness (QED) is 0.903. The maximum Gasteiger partial charge on any atom is 0.220 e. The van der Waals surface area contributed by atoms with Crippen molar-refractivity contribution in [3.8, 4) is 0 Å². The largest absolute Gasteiger partial charge is 0.371 e. The summed E-state index contributed by atoms with van der Waals surface area (Å²) in [5, 5.41) is 3.04. The number of rotatable bonds is 5. The maximum absolute atomic E-state index is 11.9. The summed E-state index contributed by atoms with van der Waals surface area (Å²) in [6.45, 7) is 1.30. The van der Waals surface area contributed by atoms with Crippen LogP contribution in [-0.4, -0.2) is 18.6 Å². The molecule has 1 aliphatic carbocycles. The first-order valence-electron chi connectivity index (χ1n) is 8.26. The highest BCUT2D eigenvalue weighted by atomic mass is 16.5. The zero-order valence-electron chi connectivity index (χ0n) is 12.6. The van der Waals surface area contributed by atoms with Crippen molar-refractivity contribution in [1.82, 2.24) is 5.32 Å². The number of hydrogen-bond donors (Lipinski definition) is 1. The van der Waals surface area contributed by atoms with Gasteiger partial charge in [0.25, 0.3) is 0 Å². The minimum Gasteiger partial charge on any atom is -0.371 e. The van der Waals surface area contributed by atoms with E-state index in [1.807, 2.05) is 6.07 Å². The molecule has 0 radical (unpaired) electrons. The highest BCUT2D eigenvalue weighted by molar-refractivity contribution is 5.75. The van der Waals surface area contributed by atoms with Crippen molar-refractivity contribution in [2.75, 3.05) is 6.54 Å². The van der Waals surface area contributed by atoms with Crippen LogP contribution >= 0.6 is 0 Å². The van der Waals surface area contributed by atoms with Gasteiger partial charge in [-0.15, -0.1) is 0 Å². The lowest BCUT2D eigenvalue weighted by Gasteiger charge is -2.25. The second-order valence-electron chi connectivity index (χ2n) is 6.40. The highest BCUT2D eigenvalue weighted by Gasteiger charge is 2.20. The van der Waals surface area contributed by atoms with Gasteiger partial charge in [0.2, 0.25) is 5.91 Å². The topological polar surface area (TPSA) is 38.3 Å². The third-order valence-electron chi connectivity index (χ3n) is 4.82. The Labute approximate surface area is 127 Å². The van der Waals surface area contributed by atoms with Crippen molar-refractivity contribution in [3.05, 3.63) is 35.4 Å². The Morgan fingerprint density at radius 1 is 1.19 bits per heavy atom. The summed E-state index contributed by atoms with van der Waals surface area (Å²) in [5.74, 6) is 0.970. The highest BCUT2D eigenvalue weighted by Crippen LogP contribution is 2.28. The van der Waals surface area contributed by atoms with Crippen LogP contribution < -0.4 is 5.32 Å². The van der Waals surface area contributed by atoms with Crippen LogP contribution in [0.25, 0.3) is 0 Å². The average molecular weight is 287 g/mol. The maximum atomic E-state index is 11.9. The van der Waals surface area contributed by atoms with E-state index in [0.717, 1.165) is 18.8 Å². The normalized spacial score (nSPS) is 22.0. The van der Waals surface area contributed by atoms with E-state index in [4.69, 9.17) is 4.74 Å². The van der Waals surface area contributed by atoms with Gasteiger partial charge in [0, 0.05) is 19.4 Å². The van der Waals surface area contributed by atoms with Crippen LogP contribution in [0.15, 0.2) is 24.3 Å². The van der Waals surface area contributed by atoms with Crippen LogP contribution in [0, 0.1) is 5.92 Å². The predicted molar refractivity (Wildman–Crippen MR) is 82.9 cm³/mol. The third kappa shape index (κ3) is 4.07. The molecule has 1 atom stereocenters. The molecular formula is C18H25NO2. The Morgan fingerprint density at radius 2 is 1.95 bits per heavy atom. The molecule has 1 aliphatic heterocycles. The van der Waals surface area contributed by atoms with E-state index in [0.29, 0.717) is 19.6 Å². The van der Waals surface area contributed by atoms with Gasteiger partial charge in [-0.1, -0.05) is 49.9 Å². The summed E-state index contributed by atoms with van der Waals surface area (Å²) in [5.41, 5.74) is 2.63. The smallest absolute Gasteiger partial charge is 0.220 e. The molecule has 3 rings (SSSR count). The summed E-state index contributed by atoms with van der Waals surface area (Å²) in [7, 11) is 0. The number of carbonyl (C=O) groups excluding carboxylic acids is 1. The molecule has 1 aromatic carbocycles. The predicted octanol–water partition coefficient (Wildman–Crippen LogP) is 3.21. The Morgan fingerprint density at radius 3 is 2.76 bits per heavy atom. The summed E-state index contributed by atoms with van der Waals surface area (Å²) >= 11 is 0. The van der Waals surface area contributed by atoms with Gasteiger partial charge < -0.3 is 10.1 Å². The van der Waals surface area contributed by atoms with Gasteiger partial charge in [0.1, 0.15) is 0 Å². The second-order valence-corrected chi connectivity index (χ2v) is 6.40. The lowest BCUT2D eigenvalue weighted by Crippen LogP contribution is -2.36. The summed E-state index contributed by atoms with van der Waals surface area (Å²) < 4.78 is 5.82. The molecule has 114 valence electrons. The van der Waals surface area contributed by atoms with Gasteiger partial charge in [-0.05, 0) is 23.5 Å². The molecule has 21 heavy (non-hydrogen) atoms. The third-order valence-corrected chi connectivity index (χ3v) is 4.82. The monoisotopic (exact) mass is 287 g/mol. The first kappa shape index (κ1) is 14.6. The van der Waals surface area contributed by atoms with Crippen LogP contribution in [0.4, 0.5) is 0 Å². The fourth-order valence-electron chi connectivity index (χ4n) is 3.49. The standard InChI is InChI=1S/C18H25NO2/c20-18(10-9-14-5-1-2-6-14)19-12-17-11-15-7-3-4-8-16(15)13-21-17/h3-4,7-8,14,17H,1-2,5-6,9-13H2,(H,19,20). The van der Waals surface area contributed by atoms with Crippen molar-refractivity contribution in [3.63, 3.8) is 0 Å². The van der Waals surface area contributed by atoms with Crippen molar-refractivity contribution in [1.29, 1.82) is 0 Å². The molecule has 0 bridgehead atoms. The molecule has 1 amide bonds. The average Bonchev–Trinajstić information content (AvgIpc) is 3.04. The van der Waals surface area contributed by atoms with E-state index in [-0.39, 0.29) is 12.0 Å². The van der Waals surface area contributed by atoms with Gasteiger partial charge in [0.05, 0.1) is 12.7 Å². The minimum atomic E-state index is 0.121. The van der Waals surface area contributed by atoms with Crippen molar-refractivity contribution in [2.45, 2.75) is 57.7 Å². The molecule has 3 nitrogen and oxygen atoms in total. The molecule has 3 heteroatoms. The van der Waals surface area contributed by atoms with Crippen LogP contribution in [-0.2, 0) is 22.6 Å². The number of fused-ring (bicyclic) bond motifs is 1. The number of carbonyl (C=O) groups is 1. The van der Waals surface area contributed by atoms with Crippen molar-refractivity contribution in [2.24, 2.45) is 5.92 Å². The van der Waals surface area contributed by atoms with E-state index < -0.39 is 0 Å². The van der Waals surface area contributed by atoms with Crippen LogP contribution in [0.3, 0.4) is 0 Å². The van der Waals surface area contributed by atoms with Gasteiger partial charge in [-0.2, -0.15) is 0 Å².